The van der Waals surface area contributed by atoms with Crippen molar-refractivity contribution in [2.24, 2.45) is 0 Å². The SMILES string of the molecule is CCc1cc2cc(CO)sc2cc1I. The van der Waals surface area contributed by atoms with Crippen LogP contribution >= 0.6 is 33.9 Å². The highest BCUT2D eigenvalue weighted by atomic mass is 127. The van der Waals surface area contributed by atoms with Crippen molar-refractivity contribution >= 4 is 44.0 Å². The van der Waals surface area contributed by atoms with Gasteiger partial charge in [0.1, 0.15) is 0 Å². The summed E-state index contributed by atoms with van der Waals surface area (Å²) in [6.07, 6.45) is 1.07. The van der Waals surface area contributed by atoms with Crippen LogP contribution in [0.3, 0.4) is 0 Å². The van der Waals surface area contributed by atoms with Crippen LogP contribution in [0.25, 0.3) is 10.1 Å². The van der Waals surface area contributed by atoms with Crippen LogP contribution < -0.4 is 0 Å². The lowest BCUT2D eigenvalue weighted by Gasteiger charge is -2.00. The second kappa shape index (κ2) is 4.16. The Kier molecular flexibility index (Phi) is 3.09. The summed E-state index contributed by atoms with van der Waals surface area (Å²) in [6.45, 7) is 2.32. The first-order valence-electron chi connectivity index (χ1n) is 4.56. The van der Waals surface area contributed by atoms with Crippen molar-refractivity contribution in [3.63, 3.8) is 0 Å². The fourth-order valence-corrected chi connectivity index (χ4v) is 3.52. The van der Waals surface area contributed by atoms with Crippen LogP contribution in [0.4, 0.5) is 0 Å². The van der Waals surface area contributed by atoms with Gasteiger partial charge in [-0.05, 0) is 58.2 Å². The zero-order chi connectivity index (χ0) is 10.1. The molecule has 0 unspecified atom stereocenters. The molecule has 0 aliphatic rings. The number of aliphatic hydroxyl groups is 1. The Hall–Kier alpha value is -0.130. The third-order valence-corrected chi connectivity index (χ3v) is 4.36. The van der Waals surface area contributed by atoms with Gasteiger partial charge in [0.15, 0.2) is 0 Å². The number of thiophene rings is 1. The van der Waals surface area contributed by atoms with Crippen LogP contribution in [-0.4, -0.2) is 5.11 Å². The minimum Gasteiger partial charge on any atom is -0.391 e. The molecule has 1 N–H and O–H groups in total. The molecule has 0 saturated carbocycles. The number of hydrogen-bond donors (Lipinski definition) is 1. The van der Waals surface area contributed by atoms with Gasteiger partial charge in [-0.25, -0.2) is 0 Å². The molecule has 0 atom stereocenters. The highest BCUT2D eigenvalue weighted by molar-refractivity contribution is 14.1. The van der Waals surface area contributed by atoms with Crippen molar-refractivity contribution in [3.8, 4) is 0 Å². The Bertz CT molecular complexity index is 462. The second-order valence-electron chi connectivity index (χ2n) is 3.21. The lowest BCUT2D eigenvalue weighted by Crippen LogP contribution is -1.83. The molecule has 1 heterocycles. The number of benzene rings is 1. The van der Waals surface area contributed by atoms with Crippen molar-refractivity contribution in [3.05, 3.63) is 32.2 Å². The lowest BCUT2D eigenvalue weighted by molar-refractivity contribution is 0.285. The van der Waals surface area contributed by atoms with Gasteiger partial charge in [0.25, 0.3) is 0 Å². The average molecular weight is 318 g/mol. The van der Waals surface area contributed by atoms with E-state index >= 15 is 0 Å². The van der Waals surface area contributed by atoms with E-state index in [0.717, 1.165) is 11.3 Å². The zero-order valence-electron chi connectivity index (χ0n) is 7.88. The molecule has 2 aromatic rings. The number of halogens is 1. The minimum absolute atomic E-state index is 0.150. The Morgan fingerprint density at radius 1 is 1.36 bits per heavy atom. The van der Waals surface area contributed by atoms with Crippen molar-refractivity contribution in [1.82, 2.24) is 0 Å². The summed E-state index contributed by atoms with van der Waals surface area (Å²) in [7, 11) is 0. The Balaban J connectivity index is 2.64. The van der Waals surface area contributed by atoms with E-state index in [0.29, 0.717) is 0 Å². The number of aliphatic hydroxyl groups excluding tert-OH is 1. The molecule has 0 aliphatic heterocycles. The third kappa shape index (κ3) is 1.81. The van der Waals surface area contributed by atoms with Crippen LogP contribution in [-0.2, 0) is 13.0 Å². The number of aryl methyl sites for hydroxylation is 1. The highest BCUT2D eigenvalue weighted by Gasteiger charge is 2.04. The first-order chi connectivity index (χ1) is 6.74. The zero-order valence-corrected chi connectivity index (χ0v) is 10.9. The predicted octanol–water partition coefficient (Wildman–Crippen LogP) is 3.56. The highest BCUT2D eigenvalue weighted by Crippen LogP contribution is 2.29. The van der Waals surface area contributed by atoms with Crippen LogP contribution in [0.5, 0.6) is 0 Å². The molecule has 0 bridgehead atoms. The molecule has 3 heteroatoms. The first-order valence-corrected chi connectivity index (χ1v) is 6.45. The molecule has 0 radical (unpaired) electrons. The van der Waals surface area contributed by atoms with E-state index < -0.39 is 0 Å². The van der Waals surface area contributed by atoms with Crippen molar-refractivity contribution in [2.45, 2.75) is 20.0 Å². The van der Waals surface area contributed by atoms with E-state index in [2.05, 4.69) is 47.7 Å². The number of rotatable bonds is 2. The van der Waals surface area contributed by atoms with Gasteiger partial charge in [0.2, 0.25) is 0 Å². The van der Waals surface area contributed by atoms with E-state index in [-0.39, 0.29) is 6.61 Å². The molecule has 1 aromatic carbocycles. The Morgan fingerprint density at radius 3 is 2.79 bits per heavy atom. The third-order valence-electron chi connectivity index (χ3n) is 2.27. The second-order valence-corrected chi connectivity index (χ2v) is 5.54. The molecule has 1 aromatic heterocycles. The molecule has 0 amide bonds. The molecular weight excluding hydrogens is 307 g/mol. The van der Waals surface area contributed by atoms with Crippen LogP contribution in [0.1, 0.15) is 17.4 Å². The summed E-state index contributed by atoms with van der Waals surface area (Å²) in [5.41, 5.74) is 1.39. The average Bonchev–Trinajstić information content (AvgIpc) is 2.58. The Labute approximate surface area is 101 Å². The van der Waals surface area contributed by atoms with Gasteiger partial charge in [-0.3, -0.25) is 0 Å². The molecule has 1 nitrogen and oxygen atoms in total. The van der Waals surface area contributed by atoms with Gasteiger partial charge >= 0.3 is 0 Å². The molecule has 0 saturated heterocycles. The fourth-order valence-electron chi connectivity index (χ4n) is 1.51. The predicted molar refractivity (Wildman–Crippen MR) is 69.8 cm³/mol. The molecular formula is C11H11IOS. The maximum absolute atomic E-state index is 9.04. The molecule has 0 aliphatic carbocycles. The van der Waals surface area contributed by atoms with E-state index in [1.54, 1.807) is 11.3 Å². The van der Waals surface area contributed by atoms with Gasteiger partial charge < -0.3 is 5.11 Å². The molecule has 0 spiro atoms. The van der Waals surface area contributed by atoms with Crippen molar-refractivity contribution < 1.29 is 5.11 Å². The molecule has 14 heavy (non-hydrogen) atoms. The summed E-state index contributed by atoms with van der Waals surface area (Å²) < 4.78 is 2.60. The maximum Gasteiger partial charge on any atom is 0.0774 e. The first kappa shape index (κ1) is 10.4. The van der Waals surface area contributed by atoms with Crippen LogP contribution in [0.2, 0.25) is 0 Å². The molecule has 2 rings (SSSR count). The van der Waals surface area contributed by atoms with Gasteiger partial charge in [0, 0.05) is 13.1 Å². The fraction of sp³-hybridized carbons (Fsp3) is 0.273. The smallest absolute Gasteiger partial charge is 0.0774 e. The van der Waals surface area contributed by atoms with Gasteiger partial charge in [-0.1, -0.05) is 6.92 Å². The van der Waals surface area contributed by atoms with Crippen molar-refractivity contribution in [2.75, 3.05) is 0 Å². The maximum atomic E-state index is 9.04. The Morgan fingerprint density at radius 2 is 2.14 bits per heavy atom. The normalized spacial score (nSPS) is 11.1. The van der Waals surface area contributed by atoms with Gasteiger partial charge in [-0.2, -0.15) is 0 Å². The summed E-state index contributed by atoms with van der Waals surface area (Å²) in [6, 6.07) is 6.51. The number of hydrogen-bond acceptors (Lipinski definition) is 2. The topological polar surface area (TPSA) is 20.2 Å². The molecule has 74 valence electrons. The van der Waals surface area contributed by atoms with Crippen molar-refractivity contribution in [1.29, 1.82) is 0 Å². The van der Waals surface area contributed by atoms with E-state index in [1.165, 1.54) is 19.2 Å². The quantitative estimate of drug-likeness (QED) is 0.840. The summed E-state index contributed by atoms with van der Waals surface area (Å²) in [5.74, 6) is 0. The standard InChI is InChI=1S/C11H11IOS/c1-2-7-3-8-4-9(6-13)14-11(8)5-10(7)12/h3-5,13H,2,6H2,1H3. The molecule has 0 fully saturated rings. The summed E-state index contributed by atoms with van der Waals surface area (Å²) >= 11 is 4.05. The largest absolute Gasteiger partial charge is 0.391 e. The van der Waals surface area contributed by atoms with Gasteiger partial charge in [-0.15, -0.1) is 11.3 Å². The van der Waals surface area contributed by atoms with E-state index in [9.17, 15) is 0 Å². The van der Waals surface area contributed by atoms with E-state index in [4.69, 9.17) is 5.11 Å². The summed E-state index contributed by atoms with van der Waals surface area (Å²) in [5, 5.41) is 10.3. The lowest BCUT2D eigenvalue weighted by atomic mass is 10.1. The van der Waals surface area contributed by atoms with Gasteiger partial charge in [0.05, 0.1) is 6.61 Å². The van der Waals surface area contributed by atoms with Crippen LogP contribution in [0.15, 0.2) is 18.2 Å². The summed E-state index contributed by atoms with van der Waals surface area (Å²) in [4.78, 5) is 1.05. The minimum atomic E-state index is 0.150. The number of fused-ring (bicyclic) bond motifs is 1. The van der Waals surface area contributed by atoms with E-state index in [1.807, 2.05) is 0 Å². The monoisotopic (exact) mass is 318 g/mol. The van der Waals surface area contributed by atoms with Crippen LogP contribution in [0, 0.1) is 3.57 Å².